The first-order chi connectivity index (χ1) is 8.38. The maximum absolute atomic E-state index is 13.0. The molecule has 0 aliphatic carbocycles. The van der Waals surface area contributed by atoms with Crippen molar-refractivity contribution >= 4 is 11.0 Å². The number of alkyl halides is 3. The number of hydrogen-bond donors (Lipinski definition) is 2. The first-order valence-electron chi connectivity index (χ1n) is 5.30. The van der Waals surface area contributed by atoms with E-state index in [1.807, 2.05) is 0 Å². The monoisotopic (exact) mass is 259 g/mol. The van der Waals surface area contributed by atoms with Crippen LogP contribution in [0.3, 0.4) is 0 Å². The van der Waals surface area contributed by atoms with E-state index >= 15 is 0 Å². The Morgan fingerprint density at radius 1 is 1.28 bits per heavy atom. The molecular weight excluding hydrogens is 247 g/mol. The number of furan rings is 1. The summed E-state index contributed by atoms with van der Waals surface area (Å²) in [6.07, 6.45) is -3.37. The molecule has 0 saturated heterocycles. The van der Waals surface area contributed by atoms with E-state index in [-0.39, 0.29) is 5.56 Å². The Bertz CT molecular complexity index is 549. The van der Waals surface area contributed by atoms with Gasteiger partial charge < -0.3 is 14.8 Å². The number of fused-ring (bicyclic) bond motifs is 1. The van der Waals surface area contributed by atoms with Gasteiger partial charge in [0.25, 0.3) is 0 Å². The van der Waals surface area contributed by atoms with Crippen LogP contribution in [0.5, 0.6) is 0 Å². The highest BCUT2D eigenvalue weighted by atomic mass is 19.4. The van der Waals surface area contributed by atoms with Crippen molar-refractivity contribution in [2.24, 2.45) is 0 Å². The summed E-state index contributed by atoms with van der Waals surface area (Å²) >= 11 is 0. The Kier molecular flexibility index (Phi) is 3.08. The van der Waals surface area contributed by atoms with Gasteiger partial charge in [0, 0.05) is 11.9 Å². The van der Waals surface area contributed by atoms with E-state index < -0.39 is 18.3 Å². The summed E-state index contributed by atoms with van der Waals surface area (Å²) in [5.74, 6) is 0. The first kappa shape index (κ1) is 12.9. The minimum Gasteiger partial charge on any atom is -0.464 e. The maximum Gasteiger partial charge on any atom is 0.422 e. The second kappa shape index (κ2) is 4.29. The van der Waals surface area contributed by atoms with Gasteiger partial charge in [-0.2, -0.15) is 13.2 Å². The minimum absolute atomic E-state index is 0.210. The molecule has 1 unspecified atom stereocenters. The first-order valence-corrected chi connectivity index (χ1v) is 5.30. The van der Waals surface area contributed by atoms with Crippen LogP contribution in [-0.4, -0.2) is 24.9 Å². The van der Waals surface area contributed by atoms with E-state index in [2.05, 4.69) is 5.32 Å². The van der Waals surface area contributed by atoms with Crippen LogP contribution in [0.2, 0.25) is 0 Å². The fourth-order valence-corrected chi connectivity index (χ4v) is 1.85. The molecule has 0 bridgehead atoms. The lowest BCUT2D eigenvalue weighted by atomic mass is 9.92. The van der Waals surface area contributed by atoms with Crippen LogP contribution in [0.1, 0.15) is 5.56 Å². The summed E-state index contributed by atoms with van der Waals surface area (Å²) in [5, 5.41) is 12.8. The zero-order valence-corrected chi connectivity index (χ0v) is 9.58. The van der Waals surface area contributed by atoms with Gasteiger partial charge in [0.05, 0.1) is 6.26 Å². The predicted molar refractivity (Wildman–Crippen MR) is 60.1 cm³/mol. The van der Waals surface area contributed by atoms with E-state index in [1.54, 1.807) is 6.07 Å². The Balaban J connectivity index is 2.53. The Morgan fingerprint density at radius 2 is 2.00 bits per heavy atom. The molecule has 0 aliphatic rings. The number of hydrogen-bond acceptors (Lipinski definition) is 3. The zero-order valence-electron chi connectivity index (χ0n) is 9.58. The average molecular weight is 259 g/mol. The van der Waals surface area contributed by atoms with Gasteiger partial charge in [0.1, 0.15) is 5.58 Å². The number of nitrogens with one attached hydrogen (secondary N) is 1. The maximum atomic E-state index is 13.0. The van der Waals surface area contributed by atoms with Crippen molar-refractivity contribution in [2.75, 3.05) is 13.6 Å². The second-order valence-electron chi connectivity index (χ2n) is 4.06. The summed E-state index contributed by atoms with van der Waals surface area (Å²) in [6.45, 7) is -0.611. The molecule has 1 atom stereocenters. The molecule has 2 aromatic rings. The lowest BCUT2D eigenvalue weighted by Gasteiger charge is -2.30. The molecule has 1 heterocycles. The van der Waals surface area contributed by atoms with Gasteiger partial charge in [-0.25, -0.2) is 0 Å². The largest absolute Gasteiger partial charge is 0.464 e. The van der Waals surface area contributed by atoms with Gasteiger partial charge in [-0.15, -0.1) is 0 Å². The molecule has 1 aromatic carbocycles. The Labute approximate surface area is 101 Å². The van der Waals surface area contributed by atoms with Crippen LogP contribution >= 0.6 is 0 Å². The highest BCUT2D eigenvalue weighted by Crippen LogP contribution is 2.39. The Morgan fingerprint density at radius 3 is 2.61 bits per heavy atom. The van der Waals surface area contributed by atoms with Crippen molar-refractivity contribution in [3.63, 3.8) is 0 Å². The highest BCUT2D eigenvalue weighted by Gasteiger charge is 2.54. The molecule has 2 N–H and O–H groups in total. The van der Waals surface area contributed by atoms with Gasteiger partial charge in [-0.05, 0) is 30.8 Å². The van der Waals surface area contributed by atoms with Gasteiger partial charge in [-0.1, -0.05) is 6.07 Å². The van der Waals surface area contributed by atoms with E-state index in [1.165, 1.54) is 31.5 Å². The number of likely N-dealkylation sites (N-methyl/N-ethyl adjacent to an activating group) is 1. The molecule has 6 heteroatoms. The van der Waals surface area contributed by atoms with Crippen molar-refractivity contribution in [1.29, 1.82) is 0 Å². The normalized spacial score (nSPS) is 15.8. The molecule has 1 aromatic heterocycles. The van der Waals surface area contributed by atoms with Crippen LogP contribution in [0.25, 0.3) is 11.0 Å². The van der Waals surface area contributed by atoms with E-state index in [9.17, 15) is 18.3 Å². The standard InChI is InChI=1S/C12H12F3NO2/c1-16-7-11(17,12(13,14)15)9-2-3-10-8(6-9)4-5-18-10/h2-6,16-17H,7H2,1H3. The topological polar surface area (TPSA) is 45.4 Å². The molecule has 3 nitrogen and oxygen atoms in total. The van der Waals surface area contributed by atoms with Gasteiger partial charge in [0.2, 0.25) is 0 Å². The summed E-state index contributed by atoms with van der Waals surface area (Å²) in [7, 11) is 1.35. The van der Waals surface area contributed by atoms with Crippen molar-refractivity contribution < 1.29 is 22.7 Å². The molecule has 0 amide bonds. The molecule has 0 aliphatic heterocycles. The molecule has 0 fully saturated rings. The number of halogens is 3. The number of benzene rings is 1. The molecule has 2 rings (SSSR count). The van der Waals surface area contributed by atoms with Gasteiger partial charge in [-0.3, -0.25) is 0 Å². The Hall–Kier alpha value is -1.53. The fourth-order valence-electron chi connectivity index (χ4n) is 1.85. The van der Waals surface area contributed by atoms with E-state index in [4.69, 9.17) is 4.42 Å². The highest BCUT2D eigenvalue weighted by molar-refractivity contribution is 5.78. The smallest absolute Gasteiger partial charge is 0.422 e. The molecule has 98 valence electrons. The molecule has 0 radical (unpaired) electrons. The fraction of sp³-hybridized carbons (Fsp3) is 0.333. The van der Waals surface area contributed by atoms with Crippen molar-refractivity contribution in [2.45, 2.75) is 11.8 Å². The third-order valence-electron chi connectivity index (χ3n) is 2.83. The quantitative estimate of drug-likeness (QED) is 0.889. The average Bonchev–Trinajstić information content (AvgIpc) is 2.74. The minimum atomic E-state index is -4.76. The summed E-state index contributed by atoms with van der Waals surface area (Å²) in [5.41, 5.74) is -2.64. The molecule has 0 spiro atoms. The van der Waals surface area contributed by atoms with Crippen molar-refractivity contribution in [3.05, 3.63) is 36.1 Å². The molecule has 18 heavy (non-hydrogen) atoms. The van der Waals surface area contributed by atoms with E-state index in [0.717, 1.165) is 0 Å². The third kappa shape index (κ3) is 1.97. The molecule has 0 saturated carbocycles. The van der Waals surface area contributed by atoms with Crippen LogP contribution < -0.4 is 5.32 Å². The third-order valence-corrected chi connectivity index (χ3v) is 2.83. The second-order valence-corrected chi connectivity index (χ2v) is 4.06. The number of aliphatic hydroxyl groups is 1. The summed E-state index contributed by atoms with van der Waals surface area (Å²) in [6, 6.07) is 5.46. The van der Waals surface area contributed by atoms with Crippen molar-refractivity contribution in [1.82, 2.24) is 5.32 Å². The van der Waals surface area contributed by atoms with Crippen LogP contribution in [0.4, 0.5) is 13.2 Å². The predicted octanol–water partition coefficient (Wildman–Crippen LogP) is 2.40. The zero-order chi connectivity index (χ0) is 13.4. The summed E-state index contributed by atoms with van der Waals surface area (Å²) < 4.78 is 44.0. The van der Waals surface area contributed by atoms with Gasteiger partial charge >= 0.3 is 6.18 Å². The van der Waals surface area contributed by atoms with Gasteiger partial charge in [0.15, 0.2) is 5.60 Å². The SMILES string of the molecule is CNCC(O)(c1ccc2occc2c1)C(F)(F)F. The number of rotatable bonds is 3. The lowest BCUT2D eigenvalue weighted by molar-refractivity contribution is -0.264. The van der Waals surface area contributed by atoms with Crippen LogP contribution in [0.15, 0.2) is 34.9 Å². The van der Waals surface area contributed by atoms with Crippen LogP contribution in [-0.2, 0) is 5.60 Å². The summed E-state index contributed by atoms with van der Waals surface area (Å²) in [4.78, 5) is 0. The van der Waals surface area contributed by atoms with E-state index in [0.29, 0.717) is 11.0 Å². The van der Waals surface area contributed by atoms with Crippen molar-refractivity contribution in [3.8, 4) is 0 Å². The molecular formula is C12H12F3NO2. The van der Waals surface area contributed by atoms with Crippen LogP contribution in [0, 0.1) is 0 Å². The lowest BCUT2D eigenvalue weighted by Crippen LogP contribution is -2.49.